The van der Waals surface area contributed by atoms with Gasteiger partial charge in [0.1, 0.15) is 0 Å². The molecule has 0 aliphatic heterocycles. The van der Waals surface area contributed by atoms with Crippen molar-refractivity contribution in [1.29, 1.82) is 0 Å². The van der Waals surface area contributed by atoms with Crippen LogP contribution < -0.4 is 5.32 Å². The highest BCUT2D eigenvalue weighted by atomic mass is 35.5. The quantitative estimate of drug-likeness (QED) is 0.792. The minimum atomic E-state index is -0.691. The summed E-state index contributed by atoms with van der Waals surface area (Å²) in [5.41, 5.74) is 1.25. The third kappa shape index (κ3) is 5.51. The van der Waals surface area contributed by atoms with Crippen LogP contribution in [0.25, 0.3) is 0 Å². The molecule has 0 aliphatic carbocycles. The number of halogens is 1. The summed E-state index contributed by atoms with van der Waals surface area (Å²) in [5.74, 6) is 1.46. The molecule has 0 heterocycles. The SMILES string of the molecule is CCCC(NCCS(=O)CC)c1ccc(Cl)cc1. The molecular weight excluding hydrogens is 266 g/mol. The van der Waals surface area contributed by atoms with Crippen LogP contribution in [0.15, 0.2) is 24.3 Å². The molecule has 1 aromatic rings. The molecule has 2 nitrogen and oxygen atoms in total. The van der Waals surface area contributed by atoms with Crippen molar-refractivity contribution in [3.8, 4) is 0 Å². The Balaban J connectivity index is 2.54. The highest BCUT2D eigenvalue weighted by Crippen LogP contribution is 2.20. The van der Waals surface area contributed by atoms with Crippen LogP contribution in [0.5, 0.6) is 0 Å². The Hall–Kier alpha value is -0.380. The van der Waals surface area contributed by atoms with Crippen LogP contribution in [0.2, 0.25) is 5.02 Å². The van der Waals surface area contributed by atoms with Crippen molar-refractivity contribution in [3.05, 3.63) is 34.9 Å². The van der Waals surface area contributed by atoms with Gasteiger partial charge in [0.25, 0.3) is 0 Å². The maximum atomic E-state index is 11.4. The lowest BCUT2D eigenvalue weighted by atomic mass is 10.0. The first-order valence-electron chi connectivity index (χ1n) is 6.51. The molecule has 0 spiro atoms. The van der Waals surface area contributed by atoms with Gasteiger partial charge in [-0.3, -0.25) is 4.21 Å². The summed E-state index contributed by atoms with van der Waals surface area (Å²) in [4.78, 5) is 0. The van der Waals surface area contributed by atoms with Gasteiger partial charge in [0.05, 0.1) is 0 Å². The number of benzene rings is 1. The smallest absolute Gasteiger partial charge is 0.0406 e. The van der Waals surface area contributed by atoms with Crippen LogP contribution in [0.1, 0.15) is 38.3 Å². The van der Waals surface area contributed by atoms with Crippen molar-refractivity contribution < 1.29 is 4.21 Å². The van der Waals surface area contributed by atoms with Crippen LogP contribution in [0.4, 0.5) is 0 Å². The second-order valence-corrected chi connectivity index (χ2v) is 6.58. The van der Waals surface area contributed by atoms with Crippen LogP contribution in [-0.2, 0) is 10.8 Å². The summed E-state index contributed by atoms with van der Waals surface area (Å²) in [6.45, 7) is 4.93. The van der Waals surface area contributed by atoms with E-state index in [0.29, 0.717) is 6.04 Å². The van der Waals surface area contributed by atoms with Crippen molar-refractivity contribution in [1.82, 2.24) is 5.32 Å². The summed E-state index contributed by atoms with van der Waals surface area (Å²) in [6, 6.07) is 8.30. The molecule has 4 heteroatoms. The van der Waals surface area contributed by atoms with Gasteiger partial charge in [-0.05, 0) is 24.1 Å². The molecule has 1 N–H and O–H groups in total. The zero-order valence-corrected chi connectivity index (χ0v) is 12.7. The average molecular weight is 288 g/mol. The minimum Gasteiger partial charge on any atom is -0.309 e. The topological polar surface area (TPSA) is 29.1 Å². The maximum absolute atomic E-state index is 11.4. The number of nitrogens with one attached hydrogen (secondary N) is 1. The molecule has 1 aromatic carbocycles. The van der Waals surface area contributed by atoms with E-state index in [9.17, 15) is 4.21 Å². The minimum absolute atomic E-state index is 0.334. The molecule has 0 aromatic heterocycles. The third-order valence-corrected chi connectivity index (χ3v) is 4.45. The lowest BCUT2D eigenvalue weighted by Gasteiger charge is -2.18. The second kappa shape index (κ2) is 8.68. The van der Waals surface area contributed by atoms with E-state index in [2.05, 4.69) is 24.4 Å². The van der Waals surface area contributed by atoms with E-state index < -0.39 is 10.8 Å². The van der Waals surface area contributed by atoms with Crippen molar-refractivity contribution in [2.45, 2.75) is 32.7 Å². The summed E-state index contributed by atoms with van der Waals surface area (Å²) in [5, 5.41) is 4.25. The molecule has 0 saturated carbocycles. The fourth-order valence-corrected chi connectivity index (χ4v) is 2.62. The van der Waals surface area contributed by atoms with Gasteiger partial charge >= 0.3 is 0 Å². The lowest BCUT2D eigenvalue weighted by Crippen LogP contribution is -2.26. The lowest BCUT2D eigenvalue weighted by molar-refractivity contribution is 0.510. The van der Waals surface area contributed by atoms with Crippen LogP contribution in [-0.4, -0.2) is 22.3 Å². The Labute approximate surface area is 118 Å². The molecule has 2 atom stereocenters. The number of rotatable bonds is 8. The van der Waals surface area contributed by atoms with Gasteiger partial charge in [-0.1, -0.05) is 44.0 Å². The van der Waals surface area contributed by atoms with E-state index in [1.54, 1.807) is 0 Å². The van der Waals surface area contributed by atoms with E-state index in [-0.39, 0.29) is 0 Å². The monoisotopic (exact) mass is 287 g/mol. The van der Waals surface area contributed by atoms with Gasteiger partial charge in [-0.25, -0.2) is 0 Å². The Bertz CT molecular complexity index is 367. The molecule has 0 saturated heterocycles. The highest BCUT2D eigenvalue weighted by molar-refractivity contribution is 7.84. The molecule has 102 valence electrons. The van der Waals surface area contributed by atoms with Crippen molar-refractivity contribution in [2.75, 3.05) is 18.1 Å². The maximum Gasteiger partial charge on any atom is 0.0406 e. The summed E-state index contributed by atoms with van der Waals surface area (Å²) in [7, 11) is -0.691. The Morgan fingerprint density at radius 1 is 1.28 bits per heavy atom. The zero-order valence-electron chi connectivity index (χ0n) is 11.1. The van der Waals surface area contributed by atoms with Gasteiger partial charge in [0, 0.05) is 39.9 Å². The summed E-state index contributed by atoms with van der Waals surface area (Å²) in [6.07, 6.45) is 2.21. The van der Waals surface area contributed by atoms with Crippen LogP contribution >= 0.6 is 11.6 Å². The van der Waals surface area contributed by atoms with Crippen molar-refractivity contribution in [2.24, 2.45) is 0 Å². The first-order chi connectivity index (χ1) is 8.67. The van der Waals surface area contributed by atoms with Crippen LogP contribution in [0.3, 0.4) is 0 Å². The highest BCUT2D eigenvalue weighted by Gasteiger charge is 2.09. The largest absolute Gasteiger partial charge is 0.309 e. The molecular formula is C14H22ClNOS. The van der Waals surface area contributed by atoms with E-state index in [1.807, 2.05) is 19.1 Å². The van der Waals surface area contributed by atoms with Crippen molar-refractivity contribution in [3.63, 3.8) is 0 Å². The standard InChI is InChI=1S/C14H22ClNOS/c1-3-5-14(16-10-11-18(17)4-2)12-6-8-13(15)9-7-12/h6-9,14,16H,3-5,10-11H2,1-2H3. The molecule has 0 fully saturated rings. The number of hydrogen-bond acceptors (Lipinski definition) is 2. The summed E-state index contributed by atoms with van der Waals surface area (Å²) >= 11 is 5.90. The molecule has 0 radical (unpaired) electrons. The van der Waals surface area contributed by atoms with Gasteiger partial charge < -0.3 is 5.32 Å². The molecule has 0 amide bonds. The van der Waals surface area contributed by atoms with E-state index in [1.165, 1.54) is 5.56 Å². The molecule has 18 heavy (non-hydrogen) atoms. The van der Waals surface area contributed by atoms with Gasteiger partial charge in [-0.2, -0.15) is 0 Å². The van der Waals surface area contributed by atoms with Gasteiger partial charge in [-0.15, -0.1) is 0 Å². The van der Waals surface area contributed by atoms with Crippen molar-refractivity contribution >= 4 is 22.4 Å². The predicted octanol–water partition coefficient (Wildman–Crippen LogP) is 3.54. The Morgan fingerprint density at radius 2 is 1.94 bits per heavy atom. The first-order valence-corrected chi connectivity index (χ1v) is 8.37. The summed E-state index contributed by atoms with van der Waals surface area (Å²) < 4.78 is 11.4. The molecule has 0 aliphatic rings. The normalized spacial score (nSPS) is 14.4. The van der Waals surface area contributed by atoms with E-state index >= 15 is 0 Å². The van der Waals surface area contributed by atoms with Crippen LogP contribution in [0, 0.1) is 0 Å². The molecule has 0 bridgehead atoms. The first kappa shape index (κ1) is 15.7. The molecule has 1 rings (SSSR count). The fraction of sp³-hybridized carbons (Fsp3) is 0.571. The van der Waals surface area contributed by atoms with E-state index in [4.69, 9.17) is 11.6 Å². The second-order valence-electron chi connectivity index (χ2n) is 4.28. The average Bonchev–Trinajstić information content (AvgIpc) is 2.38. The van der Waals surface area contributed by atoms with E-state index in [0.717, 1.165) is 35.9 Å². The Kier molecular flexibility index (Phi) is 7.56. The fourth-order valence-electron chi connectivity index (χ4n) is 1.86. The predicted molar refractivity (Wildman–Crippen MR) is 80.7 cm³/mol. The molecule has 2 unspecified atom stereocenters. The van der Waals surface area contributed by atoms with Gasteiger partial charge in [0.2, 0.25) is 0 Å². The number of hydrogen-bond donors (Lipinski definition) is 1. The third-order valence-electron chi connectivity index (χ3n) is 2.89. The Morgan fingerprint density at radius 3 is 2.50 bits per heavy atom. The zero-order chi connectivity index (χ0) is 13.4. The van der Waals surface area contributed by atoms with Gasteiger partial charge in [0.15, 0.2) is 0 Å².